The van der Waals surface area contributed by atoms with Crippen LogP contribution in [0.1, 0.15) is 40.6 Å². The predicted molar refractivity (Wildman–Crippen MR) is 106 cm³/mol. The number of methoxy groups -OCH3 is 1. The maximum Gasteiger partial charge on any atom is 0.274 e. The van der Waals surface area contributed by atoms with E-state index in [0.717, 1.165) is 5.75 Å². The molecule has 1 aliphatic heterocycles. The Morgan fingerprint density at radius 1 is 1.14 bits per heavy atom. The van der Waals surface area contributed by atoms with E-state index in [1.807, 2.05) is 6.92 Å². The highest BCUT2D eigenvalue weighted by atomic mass is 35.5. The third-order valence-electron chi connectivity index (χ3n) is 4.84. The fourth-order valence-electron chi connectivity index (χ4n) is 3.29. The van der Waals surface area contributed by atoms with Gasteiger partial charge in [0.1, 0.15) is 5.75 Å². The number of aromatic nitrogens is 1. The zero-order chi connectivity index (χ0) is 20.1. The maximum absolute atomic E-state index is 12.8. The molecule has 0 radical (unpaired) electrons. The third kappa shape index (κ3) is 4.44. The molecule has 1 fully saturated rings. The smallest absolute Gasteiger partial charge is 0.274 e. The van der Waals surface area contributed by atoms with Crippen LogP contribution in [0, 0.1) is 5.92 Å². The van der Waals surface area contributed by atoms with Crippen LogP contribution in [0.25, 0.3) is 0 Å². The predicted octanol–water partition coefficient (Wildman–Crippen LogP) is 3.88. The molecular formula is C21H23ClN2O4. The van der Waals surface area contributed by atoms with E-state index in [0.29, 0.717) is 49.0 Å². The molecule has 1 aliphatic rings. The van der Waals surface area contributed by atoms with Crippen LogP contribution in [0.5, 0.6) is 11.6 Å². The van der Waals surface area contributed by atoms with Gasteiger partial charge in [0.15, 0.2) is 11.5 Å². The number of benzene rings is 1. The SMILES string of the molecule is CCOc1ccc(Cl)c(C(=O)N2CCC(C(=O)c3ccc(OC)cc3)CC2)n1. The molecule has 1 amide bonds. The molecule has 7 heteroatoms. The second kappa shape index (κ2) is 9.06. The number of piperidine rings is 1. The van der Waals surface area contributed by atoms with E-state index in [4.69, 9.17) is 21.1 Å². The van der Waals surface area contributed by atoms with Gasteiger partial charge in [-0.25, -0.2) is 4.98 Å². The first-order valence-electron chi connectivity index (χ1n) is 9.30. The lowest BCUT2D eigenvalue weighted by atomic mass is 9.88. The van der Waals surface area contributed by atoms with Crippen molar-refractivity contribution in [1.82, 2.24) is 9.88 Å². The molecular weight excluding hydrogens is 380 g/mol. The largest absolute Gasteiger partial charge is 0.497 e. The summed E-state index contributed by atoms with van der Waals surface area (Å²) in [6.07, 6.45) is 1.22. The molecule has 2 aromatic rings. The Balaban J connectivity index is 1.64. The van der Waals surface area contributed by atoms with E-state index < -0.39 is 0 Å². The molecule has 1 aromatic heterocycles. The molecule has 148 valence electrons. The highest BCUT2D eigenvalue weighted by molar-refractivity contribution is 6.33. The Hall–Kier alpha value is -2.60. The summed E-state index contributed by atoms with van der Waals surface area (Å²) in [4.78, 5) is 31.5. The lowest BCUT2D eigenvalue weighted by Crippen LogP contribution is -2.40. The summed E-state index contributed by atoms with van der Waals surface area (Å²) in [5.74, 6) is 0.859. The number of nitrogens with zero attached hydrogens (tertiary/aromatic N) is 2. The Labute approximate surface area is 169 Å². The molecule has 2 heterocycles. The average molecular weight is 403 g/mol. The summed E-state index contributed by atoms with van der Waals surface area (Å²) in [7, 11) is 1.59. The van der Waals surface area contributed by atoms with Crippen molar-refractivity contribution in [2.75, 3.05) is 26.8 Å². The van der Waals surface area contributed by atoms with E-state index in [9.17, 15) is 9.59 Å². The second-order valence-electron chi connectivity index (χ2n) is 6.57. The number of pyridine rings is 1. The van der Waals surface area contributed by atoms with Gasteiger partial charge in [-0.2, -0.15) is 0 Å². The first kappa shape index (κ1) is 20.1. The molecule has 1 aromatic carbocycles. The fourth-order valence-corrected chi connectivity index (χ4v) is 3.47. The first-order valence-corrected chi connectivity index (χ1v) is 9.68. The number of Topliss-reactive ketones (excluding diaryl/α,β-unsaturated/α-hetero) is 1. The number of rotatable bonds is 6. The zero-order valence-electron chi connectivity index (χ0n) is 16.0. The number of hydrogen-bond donors (Lipinski definition) is 0. The quantitative estimate of drug-likeness (QED) is 0.686. The Bertz CT molecular complexity index is 846. The van der Waals surface area contributed by atoms with Crippen molar-refractivity contribution >= 4 is 23.3 Å². The summed E-state index contributed by atoms with van der Waals surface area (Å²) >= 11 is 6.16. The summed E-state index contributed by atoms with van der Waals surface area (Å²) < 4.78 is 10.5. The molecule has 6 nitrogen and oxygen atoms in total. The van der Waals surface area contributed by atoms with Gasteiger partial charge >= 0.3 is 0 Å². The summed E-state index contributed by atoms with van der Waals surface area (Å²) in [5, 5.41) is 0.296. The Morgan fingerprint density at radius 3 is 2.43 bits per heavy atom. The van der Waals surface area contributed by atoms with Crippen molar-refractivity contribution < 1.29 is 19.1 Å². The van der Waals surface area contributed by atoms with Gasteiger partial charge in [-0.3, -0.25) is 9.59 Å². The van der Waals surface area contributed by atoms with Crippen LogP contribution in [0.15, 0.2) is 36.4 Å². The molecule has 0 bridgehead atoms. The van der Waals surface area contributed by atoms with E-state index >= 15 is 0 Å². The number of likely N-dealkylation sites (tertiary alicyclic amines) is 1. The van der Waals surface area contributed by atoms with Crippen LogP contribution in [0.4, 0.5) is 0 Å². The number of ether oxygens (including phenoxy) is 2. The van der Waals surface area contributed by atoms with Gasteiger partial charge in [0.25, 0.3) is 5.91 Å². The van der Waals surface area contributed by atoms with E-state index in [2.05, 4.69) is 4.98 Å². The second-order valence-corrected chi connectivity index (χ2v) is 6.98. The zero-order valence-corrected chi connectivity index (χ0v) is 16.7. The van der Waals surface area contributed by atoms with E-state index in [1.54, 1.807) is 48.4 Å². The molecule has 0 saturated carbocycles. The van der Waals surface area contributed by atoms with Crippen LogP contribution >= 0.6 is 11.6 Å². The van der Waals surface area contributed by atoms with Crippen LogP contribution in [-0.4, -0.2) is 48.4 Å². The van der Waals surface area contributed by atoms with Gasteiger partial charge in [-0.1, -0.05) is 11.6 Å². The number of ketones is 1. The minimum atomic E-state index is -0.234. The molecule has 28 heavy (non-hydrogen) atoms. The lowest BCUT2D eigenvalue weighted by molar-refractivity contribution is 0.0645. The van der Waals surface area contributed by atoms with Gasteiger partial charge in [-0.15, -0.1) is 0 Å². The topological polar surface area (TPSA) is 68.7 Å². The maximum atomic E-state index is 12.8. The number of hydrogen-bond acceptors (Lipinski definition) is 5. The van der Waals surface area contributed by atoms with Crippen LogP contribution in [0.2, 0.25) is 5.02 Å². The lowest BCUT2D eigenvalue weighted by Gasteiger charge is -2.31. The molecule has 0 N–H and O–H groups in total. The van der Waals surface area contributed by atoms with Crippen molar-refractivity contribution in [3.63, 3.8) is 0 Å². The normalized spacial score (nSPS) is 14.6. The minimum absolute atomic E-state index is 0.101. The van der Waals surface area contributed by atoms with Crippen molar-refractivity contribution in [3.05, 3.63) is 52.7 Å². The van der Waals surface area contributed by atoms with Gasteiger partial charge in [0.2, 0.25) is 5.88 Å². The summed E-state index contributed by atoms with van der Waals surface area (Å²) in [6.45, 7) is 3.29. The minimum Gasteiger partial charge on any atom is -0.497 e. The first-order chi connectivity index (χ1) is 13.5. The van der Waals surface area contributed by atoms with Crippen molar-refractivity contribution in [3.8, 4) is 11.6 Å². The van der Waals surface area contributed by atoms with Gasteiger partial charge in [0.05, 0.1) is 18.7 Å². The Kier molecular flexibility index (Phi) is 6.52. The van der Waals surface area contributed by atoms with Crippen molar-refractivity contribution in [2.45, 2.75) is 19.8 Å². The fraction of sp³-hybridized carbons (Fsp3) is 0.381. The van der Waals surface area contributed by atoms with Gasteiger partial charge in [0, 0.05) is 30.6 Å². The average Bonchev–Trinajstić information content (AvgIpc) is 2.74. The molecule has 1 saturated heterocycles. The third-order valence-corrected chi connectivity index (χ3v) is 5.15. The van der Waals surface area contributed by atoms with Crippen LogP contribution in [-0.2, 0) is 0 Å². The van der Waals surface area contributed by atoms with Gasteiger partial charge < -0.3 is 14.4 Å². The standard InChI is InChI=1S/C21H23ClN2O4/c1-3-28-18-9-8-17(22)19(23-18)21(26)24-12-10-15(11-13-24)20(25)14-4-6-16(27-2)7-5-14/h4-9,15H,3,10-13H2,1-2H3. The molecule has 3 rings (SSSR count). The molecule has 0 spiro atoms. The highest BCUT2D eigenvalue weighted by Crippen LogP contribution is 2.26. The van der Waals surface area contributed by atoms with Gasteiger partial charge in [-0.05, 0) is 50.1 Å². The van der Waals surface area contributed by atoms with Crippen LogP contribution in [0.3, 0.4) is 0 Å². The van der Waals surface area contributed by atoms with Crippen LogP contribution < -0.4 is 9.47 Å². The molecule has 0 unspecified atom stereocenters. The molecule has 0 aliphatic carbocycles. The van der Waals surface area contributed by atoms with Crippen molar-refractivity contribution in [1.29, 1.82) is 0 Å². The number of amides is 1. The summed E-state index contributed by atoms with van der Waals surface area (Å²) in [5.41, 5.74) is 0.854. The van der Waals surface area contributed by atoms with E-state index in [-0.39, 0.29) is 23.3 Å². The van der Waals surface area contributed by atoms with E-state index in [1.165, 1.54) is 0 Å². The summed E-state index contributed by atoms with van der Waals surface area (Å²) in [6, 6.07) is 10.4. The van der Waals surface area contributed by atoms with Crippen molar-refractivity contribution in [2.24, 2.45) is 5.92 Å². The number of carbonyl (C=O) groups excluding carboxylic acids is 2. The number of halogens is 1. The Morgan fingerprint density at radius 2 is 1.82 bits per heavy atom. The number of carbonyl (C=O) groups is 2. The highest BCUT2D eigenvalue weighted by Gasteiger charge is 2.30. The molecule has 0 atom stereocenters. The monoisotopic (exact) mass is 402 g/mol.